The van der Waals surface area contributed by atoms with E-state index in [4.69, 9.17) is 0 Å². The summed E-state index contributed by atoms with van der Waals surface area (Å²) in [6, 6.07) is 8.23. The predicted molar refractivity (Wildman–Crippen MR) is 115 cm³/mol. The number of nitrogens with one attached hydrogen (secondary N) is 1. The fourth-order valence-electron chi connectivity index (χ4n) is 4.41. The molecule has 2 saturated heterocycles. The van der Waals surface area contributed by atoms with Crippen LogP contribution in [-0.2, 0) is 9.59 Å². The van der Waals surface area contributed by atoms with Crippen LogP contribution in [0, 0.1) is 11.8 Å². The second-order valence-electron chi connectivity index (χ2n) is 8.20. The molecule has 0 atom stereocenters. The molecular formula is C23H35N3O2. The maximum absolute atomic E-state index is 12.7. The Bertz CT molecular complexity index is 640. The molecule has 3 rings (SSSR count). The van der Waals surface area contributed by atoms with Crippen molar-refractivity contribution in [1.82, 2.24) is 4.90 Å². The smallest absolute Gasteiger partial charge is 0.227 e. The lowest BCUT2D eigenvalue weighted by Crippen LogP contribution is -2.43. The molecule has 5 heteroatoms. The molecule has 0 spiro atoms. The third-order valence-corrected chi connectivity index (χ3v) is 6.37. The van der Waals surface area contributed by atoms with Gasteiger partial charge < -0.3 is 15.1 Å². The summed E-state index contributed by atoms with van der Waals surface area (Å²) in [6.07, 6.45) is 7.14. The summed E-state index contributed by atoms with van der Waals surface area (Å²) in [5, 5.41) is 3.07. The molecule has 0 aliphatic carbocycles. The van der Waals surface area contributed by atoms with Crippen molar-refractivity contribution in [3.05, 3.63) is 24.3 Å². The Morgan fingerprint density at radius 1 is 0.964 bits per heavy atom. The summed E-state index contributed by atoms with van der Waals surface area (Å²) in [5.74, 6) is 0.467. The van der Waals surface area contributed by atoms with Crippen LogP contribution in [0.2, 0.25) is 0 Å². The lowest BCUT2D eigenvalue weighted by Gasteiger charge is -2.33. The van der Waals surface area contributed by atoms with E-state index in [9.17, 15) is 9.59 Å². The number of rotatable bonds is 6. The topological polar surface area (TPSA) is 52.7 Å². The van der Waals surface area contributed by atoms with Gasteiger partial charge in [0.05, 0.1) is 0 Å². The van der Waals surface area contributed by atoms with E-state index in [1.165, 1.54) is 24.9 Å². The average molecular weight is 386 g/mol. The minimum absolute atomic E-state index is 0.00692. The summed E-state index contributed by atoms with van der Waals surface area (Å²) in [4.78, 5) is 29.5. The molecule has 0 bridgehead atoms. The third-order valence-electron chi connectivity index (χ3n) is 6.37. The molecule has 2 aliphatic rings. The van der Waals surface area contributed by atoms with E-state index >= 15 is 0 Å². The van der Waals surface area contributed by atoms with Crippen LogP contribution in [0.25, 0.3) is 0 Å². The SMILES string of the molecule is CCC(CC)C(=O)N1CCC(C(=O)Nc2ccc(N3CCCCC3)cc2)CC1. The van der Waals surface area contributed by atoms with Crippen LogP contribution < -0.4 is 10.2 Å². The summed E-state index contributed by atoms with van der Waals surface area (Å²) in [7, 11) is 0. The van der Waals surface area contributed by atoms with Crippen molar-refractivity contribution in [3.8, 4) is 0 Å². The van der Waals surface area contributed by atoms with Crippen molar-refractivity contribution in [2.45, 2.75) is 58.8 Å². The minimum atomic E-state index is -0.00692. The van der Waals surface area contributed by atoms with Crippen molar-refractivity contribution >= 4 is 23.2 Å². The van der Waals surface area contributed by atoms with E-state index in [1.807, 2.05) is 17.0 Å². The molecule has 0 radical (unpaired) electrons. The summed E-state index contributed by atoms with van der Waals surface area (Å²) < 4.78 is 0. The van der Waals surface area contributed by atoms with Gasteiger partial charge in [0.25, 0.3) is 0 Å². The van der Waals surface area contributed by atoms with Crippen LogP contribution in [-0.4, -0.2) is 42.9 Å². The first-order chi connectivity index (χ1) is 13.6. The molecule has 1 N–H and O–H groups in total. The highest BCUT2D eigenvalue weighted by Crippen LogP contribution is 2.24. The van der Waals surface area contributed by atoms with Gasteiger partial charge in [-0.2, -0.15) is 0 Å². The number of amides is 2. The molecule has 1 aromatic rings. The molecule has 2 fully saturated rings. The molecule has 0 aromatic heterocycles. The normalized spacial score (nSPS) is 18.4. The van der Waals surface area contributed by atoms with E-state index in [0.29, 0.717) is 13.1 Å². The predicted octanol–water partition coefficient (Wildman–Crippen LogP) is 4.29. The highest BCUT2D eigenvalue weighted by Gasteiger charge is 2.29. The Morgan fingerprint density at radius 2 is 1.57 bits per heavy atom. The van der Waals surface area contributed by atoms with Crippen molar-refractivity contribution in [2.75, 3.05) is 36.4 Å². The Balaban J connectivity index is 1.48. The molecule has 0 saturated carbocycles. The molecular weight excluding hydrogens is 350 g/mol. The van der Waals surface area contributed by atoms with Crippen LogP contribution in [0.4, 0.5) is 11.4 Å². The van der Waals surface area contributed by atoms with E-state index in [1.54, 1.807) is 0 Å². The van der Waals surface area contributed by atoms with Crippen molar-refractivity contribution in [2.24, 2.45) is 11.8 Å². The largest absolute Gasteiger partial charge is 0.372 e. The van der Waals surface area contributed by atoms with Crippen LogP contribution in [0.1, 0.15) is 58.8 Å². The molecule has 2 amide bonds. The molecule has 2 aliphatic heterocycles. The Kier molecular flexibility index (Phi) is 7.35. The number of carbonyl (C=O) groups is 2. The van der Waals surface area contributed by atoms with Crippen LogP contribution in [0.3, 0.4) is 0 Å². The van der Waals surface area contributed by atoms with Gasteiger partial charge in [0.1, 0.15) is 0 Å². The first-order valence-electron chi connectivity index (χ1n) is 11.1. The van der Waals surface area contributed by atoms with Gasteiger partial charge in [-0.3, -0.25) is 9.59 Å². The Hall–Kier alpha value is -2.04. The summed E-state index contributed by atoms with van der Waals surface area (Å²) in [5.41, 5.74) is 2.10. The molecule has 0 unspecified atom stereocenters. The molecule has 5 nitrogen and oxygen atoms in total. The van der Waals surface area contributed by atoms with Gasteiger partial charge in [0, 0.05) is 49.4 Å². The first kappa shape index (κ1) is 20.7. The van der Waals surface area contributed by atoms with E-state index in [2.05, 4.69) is 36.2 Å². The van der Waals surface area contributed by atoms with Gasteiger partial charge in [-0.05, 0) is 69.2 Å². The van der Waals surface area contributed by atoms with Crippen LogP contribution in [0.15, 0.2) is 24.3 Å². The maximum atomic E-state index is 12.7. The number of likely N-dealkylation sites (tertiary alicyclic amines) is 1. The lowest BCUT2D eigenvalue weighted by molar-refractivity contribution is -0.138. The zero-order valence-corrected chi connectivity index (χ0v) is 17.5. The molecule has 2 heterocycles. The number of anilines is 2. The number of nitrogens with zero attached hydrogens (tertiary/aromatic N) is 2. The second kappa shape index (κ2) is 9.94. The molecule has 28 heavy (non-hydrogen) atoms. The summed E-state index contributed by atoms with van der Waals surface area (Å²) >= 11 is 0. The van der Waals surface area contributed by atoms with Crippen LogP contribution >= 0.6 is 0 Å². The number of piperidine rings is 2. The monoisotopic (exact) mass is 385 g/mol. The zero-order chi connectivity index (χ0) is 19.9. The van der Waals surface area contributed by atoms with Gasteiger partial charge in [-0.25, -0.2) is 0 Å². The van der Waals surface area contributed by atoms with Gasteiger partial charge in [-0.15, -0.1) is 0 Å². The third kappa shape index (κ3) is 5.06. The number of benzene rings is 1. The minimum Gasteiger partial charge on any atom is -0.372 e. The van der Waals surface area contributed by atoms with Crippen molar-refractivity contribution in [1.29, 1.82) is 0 Å². The van der Waals surface area contributed by atoms with Gasteiger partial charge >= 0.3 is 0 Å². The van der Waals surface area contributed by atoms with E-state index in [0.717, 1.165) is 44.5 Å². The highest BCUT2D eigenvalue weighted by molar-refractivity contribution is 5.93. The Labute approximate surface area is 169 Å². The van der Waals surface area contributed by atoms with Crippen molar-refractivity contribution in [3.63, 3.8) is 0 Å². The van der Waals surface area contributed by atoms with E-state index in [-0.39, 0.29) is 23.7 Å². The van der Waals surface area contributed by atoms with Gasteiger partial charge in [0.15, 0.2) is 0 Å². The quantitative estimate of drug-likeness (QED) is 0.795. The molecule has 1 aromatic carbocycles. The average Bonchev–Trinajstić information content (AvgIpc) is 2.76. The number of hydrogen-bond acceptors (Lipinski definition) is 3. The fourth-order valence-corrected chi connectivity index (χ4v) is 4.41. The fraction of sp³-hybridized carbons (Fsp3) is 0.652. The number of hydrogen-bond donors (Lipinski definition) is 1. The highest BCUT2D eigenvalue weighted by atomic mass is 16.2. The van der Waals surface area contributed by atoms with Crippen molar-refractivity contribution < 1.29 is 9.59 Å². The Morgan fingerprint density at radius 3 is 2.14 bits per heavy atom. The number of carbonyl (C=O) groups excluding carboxylic acids is 2. The van der Waals surface area contributed by atoms with E-state index < -0.39 is 0 Å². The summed E-state index contributed by atoms with van der Waals surface area (Å²) in [6.45, 7) is 7.79. The van der Waals surface area contributed by atoms with Crippen LogP contribution in [0.5, 0.6) is 0 Å². The maximum Gasteiger partial charge on any atom is 0.227 e. The molecule has 154 valence electrons. The first-order valence-corrected chi connectivity index (χ1v) is 11.1. The van der Waals surface area contributed by atoms with Gasteiger partial charge in [0.2, 0.25) is 11.8 Å². The zero-order valence-electron chi connectivity index (χ0n) is 17.5. The second-order valence-corrected chi connectivity index (χ2v) is 8.20. The van der Waals surface area contributed by atoms with Gasteiger partial charge in [-0.1, -0.05) is 13.8 Å². The standard InChI is InChI=1S/C23H35N3O2/c1-3-18(4-2)23(28)26-16-12-19(13-17-26)22(27)24-20-8-10-21(11-9-20)25-14-6-5-7-15-25/h8-11,18-19H,3-7,12-17H2,1-2H3,(H,24,27). The lowest BCUT2D eigenvalue weighted by atomic mass is 9.93.